The van der Waals surface area contributed by atoms with E-state index in [9.17, 15) is 14.7 Å². The van der Waals surface area contributed by atoms with Crippen molar-refractivity contribution in [1.82, 2.24) is 9.55 Å². The van der Waals surface area contributed by atoms with Crippen molar-refractivity contribution in [3.63, 3.8) is 0 Å². The van der Waals surface area contributed by atoms with E-state index >= 15 is 0 Å². The fourth-order valence-electron chi connectivity index (χ4n) is 2.81. The summed E-state index contributed by atoms with van der Waals surface area (Å²) in [5, 5.41) is 10.6. The number of halogens is 3. The number of rotatable bonds is 3. The van der Waals surface area contributed by atoms with Crippen LogP contribution in [0.3, 0.4) is 0 Å². The highest BCUT2D eigenvalue weighted by Crippen LogP contribution is 2.34. The number of anilines is 1. The van der Waals surface area contributed by atoms with Crippen LogP contribution in [0, 0.1) is 0 Å². The van der Waals surface area contributed by atoms with Gasteiger partial charge in [0.15, 0.2) is 5.43 Å². The number of hydrogen-bond acceptors (Lipinski definition) is 4. The highest BCUT2D eigenvalue weighted by atomic mass is 79.9. The van der Waals surface area contributed by atoms with Crippen LogP contribution in [-0.4, -0.2) is 34.7 Å². The summed E-state index contributed by atoms with van der Waals surface area (Å²) in [4.78, 5) is 30.4. The maximum absolute atomic E-state index is 12.9. The van der Waals surface area contributed by atoms with Crippen LogP contribution in [0.25, 0.3) is 21.9 Å². The number of hydrogen-bond donors (Lipinski definition) is 1. The molecule has 0 radical (unpaired) electrons. The van der Waals surface area contributed by atoms with Gasteiger partial charge in [-0.05, 0) is 34.1 Å². The molecule has 3 rings (SSSR count). The molecule has 2 aromatic heterocycles. The third-order valence-electron chi connectivity index (χ3n) is 3.77. The molecule has 0 saturated heterocycles. The van der Waals surface area contributed by atoms with E-state index in [1.807, 2.05) is 0 Å². The first kappa shape index (κ1) is 18.0. The number of fused-ring (bicyclic) bond motifs is 2. The Morgan fingerprint density at radius 1 is 1.28 bits per heavy atom. The van der Waals surface area contributed by atoms with E-state index in [0.29, 0.717) is 26.2 Å². The van der Waals surface area contributed by atoms with Crippen LogP contribution in [0.15, 0.2) is 27.6 Å². The Labute approximate surface area is 160 Å². The topological polar surface area (TPSA) is 75.4 Å². The summed E-state index contributed by atoms with van der Waals surface area (Å²) in [6.45, 7) is -0.379. The lowest BCUT2D eigenvalue weighted by atomic mass is 10.1. The molecule has 130 valence electrons. The number of aliphatic carboxylic acids is 1. The smallest absolute Gasteiger partial charge is 0.323 e. The van der Waals surface area contributed by atoms with Crippen LogP contribution in [0.5, 0.6) is 0 Å². The maximum Gasteiger partial charge on any atom is 0.323 e. The molecule has 25 heavy (non-hydrogen) atoms. The molecule has 0 saturated carbocycles. The van der Waals surface area contributed by atoms with Gasteiger partial charge < -0.3 is 14.6 Å². The van der Waals surface area contributed by atoms with E-state index in [4.69, 9.17) is 23.2 Å². The zero-order valence-electron chi connectivity index (χ0n) is 13.2. The van der Waals surface area contributed by atoms with Gasteiger partial charge in [0.1, 0.15) is 16.8 Å². The van der Waals surface area contributed by atoms with Gasteiger partial charge in [-0.3, -0.25) is 9.59 Å². The van der Waals surface area contributed by atoms with Gasteiger partial charge >= 0.3 is 5.97 Å². The van der Waals surface area contributed by atoms with Crippen LogP contribution in [0.2, 0.25) is 10.0 Å². The fourth-order valence-corrected chi connectivity index (χ4v) is 3.56. The predicted octanol–water partition coefficient (Wildman–Crippen LogP) is 3.77. The summed E-state index contributed by atoms with van der Waals surface area (Å²) in [6.07, 6.45) is 0. The Balaban J connectivity index is 2.67. The molecule has 0 bridgehead atoms. The maximum atomic E-state index is 12.9. The molecule has 1 aromatic carbocycles. The van der Waals surface area contributed by atoms with Crippen molar-refractivity contribution >= 4 is 72.7 Å². The third kappa shape index (κ3) is 2.96. The number of pyridine rings is 2. The number of benzene rings is 1. The summed E-state index contributed by atoms with van der Waals surface area (Å²) >= 11 is 15.6. The molecule has 0 unspecified atom stereocenters. The van der Waals surface area contributed by atoms with Gasteiger partial charge in [-0.25, -0.2) is 4.98 Å². The SMILES string of the molecule is CN(C)c1c(Cl)ccc2c(=O)c3cc(Cl)c(Br)nc3n(CC(=O)O)c12. The van der Waals surface area contributed by atoms with Gasteiger partial charge in [-0.15, -0.1) is 0 Å². The van der Waals surface area contributed by atoms with Crippen molar-refractivity contribution in [3.05, 3.63) is 43.1 Å². The predicted molar refractivity (Wildman–Crippen MR) is 103 cm³/mol. The first-order valence-electron chi connectivity index (χ1n) is 7.12. The molecule has 6 nitrogen and oxygen atoms in total. The molecule has 0 amide bonds. The molecule has 0 aliphatic carbocycles. The van der Waals surface area contributed by atoms with E-state index in [-0.39, 0.29) is 28.0 Å². The van der Waals surface area contributed by atoms with Crippen molar-refractivity contribution in [2.45, 2.75) is 6.54 Å². The van der Waals surface area contributed by atoms with Crippen LogP contribution in [-0.2, 0) is 11.3 Å². The average molecular weight is 445 g/mol. The van der Waals surface area contributed by atoms with Gasteiger partial charge in [-0.2, -0.15) is 0 Å². The van der Waals surface area contributed by atoms with Crippen molar-refractivity contribution in [1.29, 1.82) is 0 Å². The normalized spacial score (nSPS) is 11.2. The standard InChI is InChI=1S/C16H12BrCl2N3O3/c1-21(2)13-9(18)4-3-7-12(13)22(6-11(23)24)16-8(14(7)25)5-10(19)15(17)20-16/h3-5H,6H2,1-2H3,(H,23,24). The summed E-state index contributed by atoms with van der Waals surface area (Å²) in [5.41, 5.74) is 0.904. The van der Waals surface area contributed by atoms with Gasteiger partial charge in [0.2, 0.25) is 0 Å². The van der Waals surface area contributed by atoms with Crippen molar-refractivity contribution in [2.24, 2.45) is 0 Å². The molecule has 2 heterocycles. The minimum Gasteiger partial charge on any atom is -0.480 e. The van der Waals surface area contributed by atoms with Crippen molar-refractivity contribution in [3.8, 4) is 0 Å². The molecule has 3 aromatic rings. The summed E-state index contributed by atoms with van der Waals surface area (Å²) in [6, 6.07) is 4.68. The monoisotopic (exact) mass is 443 g/mol. The highest BCUT2D eigenvalue weighted by molar-refractivity contribution is 9.10. The van der Waals surface area contributed by atoms with Gasteiger partial charge in [0, 0.05) is 19.5 Å². The van der Waals surface area contributed by atoms with Crippen molar-refractivity contribution in [2.75, 3.05) is 19.0 Å². The molecule has 0 aliphatic rings. The Bertz CT molecular complexity index is 1100. The van der Waals surface area contributed by atoms with Gasteiger partial charge in [-0.1, -0.05) is 23.2 Å². The van der Waals surface area contributed by atoms with E-state index < -0.39 is 5.97 Å². The summed E-state index contributed by atoms with van der Waals surface area (Å²) in [7, 11) is 3.54. The molecule has 9 heteroatoms. The van der Waals surface area contributed by atoms with Crippen LogP contribution < -0.4 is 10.3 Å². The minimum atomic E-state index is -1.07. The fraction of sp³-hybridized carbons (Fsp3) is 0.188. The number of carbonyl (C=O) groups is 1. The second kappa shape index (κ2) is 6.48. The van der Waals surface area contributed by atoms with Gasteiger partial charge in [0.05, 0.1) is 26.6 Å². The highest BCUT2D eigenvalue weighted by Gasteiger charge is 2.20. The minimum absolute atomic E-state index is 0.224. The molecule has 0 atom stereocenters. The summed E-state index contributed by atoms with van der Waals surface area (Å²) < 4.78 is 1.80. The Kier molecular flexibility index (Phi) is 4.66. The zero-order valence-corrected chi connectivity index (χ0v) is 16.3. The van der Waals surface area contributed by atoms with Crippen LogP contribution >= 0.6 is 39.1 Å². The third-order valence-corrected chi connectivity index (χ3v) is 5.20. The van der Waals surface area contributed by atoms with Crippen molar-refractivity contribution < 1.29 is 9.90 Å². The van der Waals surface area contributed by atoms with E-state index in [1.165, 1.54) is 10.6 Å². The van der Waals surface area contributed by atoms with E-state index in [2.05, 4.69) is 20.9 Å². The molecular weight excluding hydrogens is 433 g/mol. The summed E-state index contributed by atoms with van der Waals surface area (Å²) in [5.74, 6) is -1.07. The lowest BCUT2D eigenvalue weighted by Gasteiger charge is -2.21. The Hall–Kier alpha value is -1.83. The average Bonchev–Trinajstić information content (AvgIpc) is 2.52. The van der Waals surface area contributed by atoms with E-state index in [0.717, 1.165) is 0 Å². The van der Waals surface area contributed by atoms with Gasteiger partial charge in [0.25, 0.3) is 0 Å². The van der Waals surface area contributed by atoms with Crippen LogP contribution in [0.1, 0.15) is 0 Å². The lowest BCUT2D eigenvalue weighted by molar-refractivity contribution is -0.137. The second-order valence-electron chi connectivity index (χ2n) is 5.63. The second-order valence-corrected chi connectivity index (χ2v) is 7.19. The van der Waals surface area contributed by atoms with E-state index in [1.54, 1.807) is 31.1 Å². The Morgan fingerprint density at radius 2 is 1.96 bits per heavy atom. The molecule has 0 aliphatic heterocycles. The molecular formula is C16H12BrCl2N3O3. The number of carboxylic acids is 1. The number of carboxylic acid groups (broad SMARTS) is 1. The Morgan fingerprint density at radius 3 is 2.56 bits per heavy atom. The molecule has 0 fully saturated rings. The lowest BCUT2D eigenvalue weighted by Crippen LogP contribution is -2.20. The largest absolute Gasteiger partial charge is 0.480 e. The molecule has 0 spiro atoms. The van der Waals surface area contributed by atoms with Crippen LogP contribution in [0.4, 0.5) is 5.69 Å². The first-order valence-corrected chi connectivity index (χ1v) is 8.67. The number of aromatic nitrogens is 2. The first-order chi connectivity index (χ1) is 11.7. The zero-order chi connectivity index (χ0) is 18.5. The molecule has 1 N–H and O–H groups in total. The number of nitrogens with zero attached hydrogens (tertiary/aromatic N) is 3. The quantitative estimate of drug-likeness (QED) is 0.491.